The monoisotopic (exact) mass is 303 g/mol. The third-order valence-corrected chi connectivity index (χ3v) is 3.10. The summed E-state index contributed by atoms with van der Waals surface area (Å²) in [6, 6.07) is 4.00. The number of hydrogen-bond acceptors (Lipinski definition) is 2. The van der Waals surface area contributed by atoms with Crippen LogP contribution in [0.4, 0.5) is 5.95 Å². The molecule has 0 saturated carbocycles. The van der Waals surface area contributed by atoms with Crippen LogP contribution in [0, 0.1) is 0 Å². The summed E-state index contributed by atoms with van der Waals surface area (Å²) in [7, 11) is 0. The summed E-state index contributed by atoms with van der Waals surface area (Å²) in [6.07, 6.45) is 0. The van der Waals surface area contributed by atoms with Crippen LogP contribution < -0.4 is 5.73 Å². The number of benzene rings is 1. The van der Waals surface area contributed by atoms with E-state index in [-0.39, 0.29) is 0 Å². The van der Waals surface area contributed by atoms with E-state index in [4.69, 9.17) is 5.73 Å². The van der Waals surface area contributed by atoms with Crippen LogP contribution in [0.25, 0.3) is 11.0 Å². The molecule has 1 heterocycles. The number of nitrogens with zero attached hydrogens (tertiary/aromatic N) is 1. The van der Waals surface area contributed by atoms with Crippen molar-refractivity contribution in [3.05, 3.63) is 22.2 Å². The van der Waals surface area contributed by atoms with Gasteiger partial charge in [0.15, 0.2) is 5.95 Å². The zero-order chi connectivity index (χ0) is 9.42. The highest BCUT2D eigenvalue weighted by Crippen LogP contribution is 2.26. The highest BCUT2D eigenvalue weighted by molar-refractivity contribution is 9.10. The van der Waals surface area contributed by atoms with Crippen molar-refractivity contribution in [2.45, 2.75) is 5.33 Å². The Morgan fingerprint density at radius 1 is 1.46 bits per heavy atom. The molecule has 0 unspecified atom stereocenters. The van der Waals surface area contributed by atoms with Gasteiger partial charge >= 0.3 is 0 Å². The molecule has 2 rings (SSSR count). The van der Waals surface area contributed by atoms with E-state index >= 15 is 0 Å². The molecule has 0 atom stereocenters. The normalized spacial score (nSPS) is 10.9. The van der Waals surface area contributed by atoms with E-state index < -0.39 is 0 Å². The van der Waals surface area contributed by atoms with Crippen LogP contribution in [-0.4, -0.2) is 9.97 Å². The van der Waals surface area contributed by atoms with Crippen LogP contribution in [0.1, 0.15) is 5.56 Å². The zero-order valence-corrected chi connectivity index (χ0v) is 9.81. The Bertz CT molecular complexity index is 450. The fraction of sp³-hybridized carbons (Fsp3) is 0.125. The highest BCUT2D eigenvalue weighted by atomic mass is 79.9. The van der Waals surface area contributed by atoms with Crippen molar-refractivity contribution in [2.24, 2.45) is 0 Å². The molecule has 3 N–H and O–H groups in total. The predicted molar refractivity (Wildman–Crippen MR) is 60.8 cm³/mol. The highest BCUT2D eigenvalue weighted by Gasteiger charge is 2.07. The number of nitrogen functional groups attached to an aromatic ring is 1. The summed E-state index contributed by atoms with van der Waals surface area (Å²) in [6.45, 7) is 0. The van der Waals surface area contributed by atoms with Gasteiger partial charge in [-0.1, -0.05) is 22.0 Å². The number of halogens is 2. The number of alkyl halides is 1. The van der Waals surface area contributed by atoms with E-state index in [1.54, 1.807) is 0 Å². The van der Waals surface area contributed by atoms with Gasteiger partial charge in [0, 0.05) is 9.80 Å². The first-order chi connectivity index (χ1) is 6.22. The van der Waals surface area contributed by atoms with Gasteiger partial charge in [0.05, 0.1) is 11.0 Å². The molecule has 1 aromatic heterocycles. The molecule has 0 bridgehead atoms. The van der Waals surface area contributed by atoms with Gasteiger partial charge in [0.25, 0.3) is 0 Å². The molecule has 0 spiro atoms. The van der Waals surface area contributed by atoms with Crippen LogP contribution in [0.15, 0.2) is 16.6 Å². The number of nitrogens with one attached hydrogen (secondary N) is 1. The number of anilines is 1. The first-order valence-corrected chi connectivity index (χ1v) is 5.62. The smallest absolute Gasteiger partial charge is 0.198 e. The topological polar surface area (TPSA) is 54.7 Å². The Balaban J connectivity index is 2.83. The lowest BCUT2D eigenvalue weighted by Crippen LogP contribution is -1.84. The Hall–Kier alpha value is -0.550. The van der Waals surface area contributed by atoms with E-state index in [9.17, 15) is 0 Å². The second-order valence-corrected chi connectivity index (χ2v) is 4.10. The maximum atomic E-state index is 5.58. The average Bonchev–Trinajstić information content (AvgIpc) is 2.48. The molecule has 0 aliphatic carbocycles. The maximum Gasteiger partial charge on any atom is 0.198 e. The van der Waals surface area contributed by atoms with Gasteiger partial charge in [-0.2, -0.15) is 0 Å². The van der Waals surface area contributed by atoms with Gasteiger partial charge in [-0.25, -0.2) is 4.98 Å². The largest absolute Gasteiger partial charge is 0.369 e. The number of nitrogens with two attached hydrogens (primary N) is 1. The number of hydrogen-bond donors (Lipinski definition) is 2. The van der Waals surface area contributed by atoms with Gasteiger partial charge in [-0.15, -0.1) is 0 Å². The SMILES string of the molecule is Nc1nc2c(CBr)ccc(Br)c2[nH]1. The number of aromatic amines is 1. The van der Waals surface area contributed by atoms with E-state index in [2.05, 4.69) is 41.8 Å². The van der Waals surface area contributed by atoms with Crippen molar-refractivity contribution in [3.8, 4) is 0 Å². The van der Waals surface area contributed by atoms with Crippen LogP contribution in [0.3, 0.4) is 0 Å². The molecule has 13 heavy (non-hydrogen) atoms. The molecule has 68 valence electrons. The van der Waals surface area contributed by atoms with Gasteiger partial charge in [0.1, 0.15) is 0 Å². The number of aromatic nitrogens is 2. The minimum atomic E-state index is 0.448. The number of rotatable bonds is 1. The third kappa shape index (κ3) is 1.46. The molecule has 0 saturated heterocycles. The van der Waals surface area contributed by atoms with Crippen molar-refractivity contribution < 1.29 is 0 Å². The molecule has 0 aliphatic heterocycles. The fourth-order valence-electron chi connectivity index (χ4n) is 1.24. The van der Waals surface area contributed by atoms with Crippen LogP contribution in [0.5, 0.6) is 0 Å². The molecule has 0 radical (unpaired) electrons. The standard InChI is InChI=1S/C8H7Br2N3/c9-3-4-1-2-5(10)7-6(4)12-8(11)13-7/h1-2H,3H2,(H3,11,12,13). The second kappa shape index (κ2) is 3.31. The first kappa shape index (κ1) is 9.02. The van der Waals surface area contributed by atoms with Gasteiger partial charge in [-0.05, 0) is 27.6 Å². The molecule has 0 aliphatic rings. The zero-order valence-electron chi connectivity index (χ0n) is 6.64. The van der Waals surface area contributed by atoms with Gasteiger partial charge in [0.2, 0.25) is 0 Å². The third-order valence-electron chi connectivity index (χ3n) is 1.84. The lowest BCUT2D eigenvalue weighted by molar-refractivity contribution is 1.34. The second-order valence-electron chi connectivity index (χ2n) is 2.69. The lowest BCUT2D eigenvalue weighted by atomic mass is 10.2. The van der Waals surface area contributed by atoms with E-state index in [1.165, 1.54) is 0 Å². The molecule has 3 nitrogen and oxygen atoms in total. The molecule has 0 fully saturated rings. The van der Waals surface area contributed by atoms with Crippen molar-refractivity contribution in [1.82, 2.24) is 9.97 Å². The molecule has 1 aromatic carbocycles. The molecular formula is C8H7Br2N3. The van der Waals surface area contributed by atoms with E-state index in [0.717, 1.165) is 26.4 Å². The Labute approximate surface area is 92.0 Å². The Kier molecular flexibility index (Phi) is 2.29. The molecule has 2 aromatic rings. The number of fused-ring (bicyclic) bond motifs is 1. The van der Waals surface area contributed by atoms with Gasteiger partial charge < -0.3 is 10.7 Å². The maximum absolute atomic E-state index is 5.58. The molecular weight excluding hydrogens is 298 g/mol. The summed E-state index contributed by atoms with van der Waals surface area (Å²) in [5, 5.41) is 0.779. The molecule has 5 heteroatoms. The summed E-state index contributed by atoms with van der Waals surface area (Å²) in [5.41, 5.74) is 8.58. The average molecular weight is 305 g/mol. The predicted octanol–water partition coefficient (Wildman–Crippen LogP) is 2.80. The summed E-state index contributed by atoms with van der Waals surface area (Å²) < 4.78 is 0.983. The van der Waals surface area contributed by atoms with Crippen molar-refractivity contribution in [2.75, 3.05) is 5.73 Å². The minimum Gasteiger partial charge on any atom is -0.369 e. The van der Waals surface area contributed by atoms with E-state index in [0.29, 0.717) is 5.95 Å². The lowest BCUT2D eigenvalue weighted by Gasteiger charge is -1.97. The van der Waals surface area contributed by atoms with Crippen LogP contribution >= 0.6 is 31.9 Å². The van der Waals surface area contributed by atoms with Crippen molar-refractivity contribution >= 4 is 48.8 Å². The Morgan fingerprint density at radius 2 is 2.23 bits per heavy atom. The van der Waals surface area contributed by atoms with Crippen LogP contribution in [-0.2, 0) is 5.33 Å². The van der Waals surface area contributed by atoms with Crippen LogP contribution in [0.2, 0.25) is 0 Å². The quantitative estimate of drug-likeness (QED) is 0.796. The number of imidazole rings is 1. The minimum absolute atomic E-state index is 0.448. The van der Waals surface area contributed by atoms with Crippen molar-refractivity contribution in [1.29, 1.82) is 0 Å². The summed E-state index contributed by atoms with van der Waals surface area (Å²) in [4.78, 5) is 7.21. The Morgan fingerprint density at radius 3 is 2.92 bits per heavy atom. The van der Waals surface area contributed by atoms with Gasteiger partial charge in [-0.3, -0.25) is 0 Å². The van der Waals surface area contributed by atoms with E-state index in [1.807, 2.05) is 12.1 Å². The fourth-order valence-corrected chi connectivity index (χ4v) is 2.11. The van der Waals surface area contributed by atoms with Crippen molar-refractivity contribution in [3.63, 3.8) is 0 Å². The first-order valence-electron chi connectivity index (χ1n) is 3.71. The number of H-pyrrole nitrogens is 1. The summed E-state index contributed by atoms with van der Waals surface area (Å²) >= 11 is 6.83. The summed E-state index contributed by atoms with van der Waals surface area (Å²) in [5.74, 6) is 0.448. The molecule has 0 amide bonds.